The summed E-state index contributed by atoms with van der Waals surface area (Å²) < 4.78 is 63.3. The molecular formula is C14H10F5NO. The molecule has 0 aromatic heterocycles. The smallest absolute Gasteiger partial charge is 0.416 e. The van der Waals surface area contributed by atoms with Crippen molar-refractivity contribution in [1.82, 2.24) is 0 Å². The van der Waals surface area contributed by atoms with Gasteiger partial charge in [-0.25, -0.2) is 8.78 Å². The second kappa shape index (κ2) is 5.59. The molecule has 0 fully saturated rings. The Kier molecular flexibility index (Phi) is 4.02. The van der Waals surface area contributed by atoms with Crippen molar-refractivity contribution in [1.29, 1.82) is 0 Å². The van der Waals surface area contributed by atoms with Crippen LogP contribution in [-0.2, 0) is 12.7 Å². The van der Waals surface area contributed by atoms with Crippen molar-refractivity contribution >= 4 is 5.69 Å². The second-order valence-electron chi connectivity index (χ2n) is 4.34. The Labute approximate surface area is 116 Å². The Morgan fingerprint density at radius 1 is 0.952 bits per heavy atom. The van der Waals surface area contributed by atoms with E-state index in [0.29, 0.717) is 5.69 Å². The first-order chi connectivity index (χ1) is 9.77. The summed E-state index contributed by atoms with van der Waals surface area (Å²) in [5.74, 6) is -3.26. The topological polar surface area (TPSA) is 32.3 Å². The summed E-state index contributed by atoms with van der Waals surface area (Å²) in [6, 6.07) is 6.12. The van der Waals surface area contributed by atoms with Crippen LogP contribution in [0.2, 0.25) is 0 Å². The summed E-state index contributed by atoms with van der Waals surface area (Å²) in [6.07, 6.45) is -4.41. The summed E-state index contributed by atoms with van der Waals surface area (Å²) in [7, 11) is 0. The van der Waals surface area contributed by atoms with Gasteiger partial charge in [-0.3, -0.25) is 0 Å². The van der Waals surface area contributed by atoms with Crippen LogP contribution >= 0.6 is 0 Å². The van der Waals surface area contributed by atoms with Gasteiger partial charge < -0.3 is 10.4 Å². The van der Waals surface area contributed by atoms with Gasteiger partial charge in [0.2, 0.25) is 0 Å². The van der Waals surface area contributed by atoms with Gasteiger partial charge in [-0.15, -0.1) is 0 Å². The largest absolute Gasteiger partial charge is 0.503 e. The van der Waals surface area contributed by atoms with Crippen LogP contribution in [0.5, 0.6) is 5.75 Å². The van der Waals surface area contributed by atoms with Gasteiger partial charge in [0.25, 0.3) is 0 Å². The second-order valence-corrected chi connectivity index (χ2v) is 4.34. The molecule has 21 heavy (non-hydrogen) atoms. The molecule has 0 heterocycles. The number of aromatic hydroxyl groups is 1. The van der Waals surface area contributed by atoms with E-state index < -0.39 is 29.1 Å². The number of phenolic OH excluding ortho intramolecular Hbond substituents is 1. The average molecular weight is 303 g/mol. The lowest BCUT2D eigenvalue weighted by Gasteiger charge is -2.10. The molecule has 0 saturated heterocycles. The number of alkyl halides is 3. The van der Waals surface area contributed by atoms with Gasteiger partial charge in [-0.1, -0.05) is 0 Å². The van der Waals surface area contributed by atoms with Crippen molar-refractivity contribution in [3.8, 4) is 5.75 Å². The van der Waals surface area contributed by atoms with Crippen LogP contribution in [0.4, 0.5) is 27.6 Å². The fraction of sp³-hybridized carbons (Fsp3) is 0.143. The molecule has 0 amide bonds. The minimum absolute atomic E-state index is 0.000511. The molecule has 0 saturated carbocycles. The monoisotopic (exact) mass is 303 g/mol. The third-order valence-corrected chi connectivity index (χ3v) is 2.79. The molecule has 2 aromatic carbocycles. The zero-order chi connectivity index (χ0) is 15.6. The number of nitrogens with one attached hydrogen (secondary N) is 1. The van der Waals surface area contributed by atoms with Crippen molar-refractivity contribution in [2.24, 2.45) is 0 Å². The fourth-order valence-corrected chi connectivity index (χ4v) is 1.70. The lowest BCUT2D eigenvalue weighted by molar-refractivity contribution is -0.137. The number of anilines is 1. The van der Waals surface area contributed by atoms with Gasteiger partial charge in [-0.05, 0) is 42.0 Å². The van der Waals surface area contributed by atoms with E-state index in [2.05, 4.69) is 5.32 Å². The van der Waals surface area contributed by atoms with Crippen molar-refractivity contribution in [2.45, 2.75) is 12.7 Å². The lowest BCUT2D eigenvalue weighted by atomic mass is 10.1. The Balaban J connectivity index is 2.07. The molecule has 2 nitrogen and oxygen atoms in total. The van der Waals surface area contributed by atoms with Crippen LogP contribution in [0.25, 0.3) is 0 Å². The summed E-state index contributed by atoms with van der Waals surface area (Å²) in [5, 5.41) is 11.7. The predicted octanol–water partition coefficient (Wildman–Crippen LogP) is 4.30. The predicted molar refractivity (Wildman–Crippen MR) is 66.8 cm³/mol. The van der Waals surface area contributed by atoms with Gasteiger partial charge in [0.05, 0.1) is 5.56 Å². The molecule has 0 aliphatic heterocycles. The highest BCUT2D eigenvalue weighted by Crippen LogP contribution is 2.30. The van der Waals surface area contributed by atoms with E-state index in [1.54, 1.807) is 0 Å². The number of benzene rings is 2. The maximum Gasteiger partial charge on any atom is 0.416 e. The van der Waals surface area contributed by atoms with Crippen molar-refractivity contribution < 1.29 is 27.1 Å². The quantitative estimate of drug-likeness (QED) is 0.829. The molecule has 0 unspecified atom stereocenters. The van der Waals surface area contributed by atoms with Gasteiger partial charge in [-0.2, -0.15) is 13.2 Å². The normalized spacial score (nSPS) is 11.5. The first-order valence-electron chi connectivity index (χ1n) is 5.85. The molecule has 2 rings (SSSR count). The van der Waals surface area contributed by atoms with E-state index in [4.69, 9.17) is 5.11 Å². The van der Waals surface area contributed by atoms with Crippen LogP contribution in [-0.4, -0.2) is 5.11 Å². The number of halogens is 5. The number of hydrogen-bond acceptors (Lipinski definition) is 2. The average Bonchev–Trinajstić information content (AvgIpc) is 2.42. The van der Waals surface area contributed by atoms with Gasteiger partial charge in [0.15, 0.2) is 17.4 Å². The van der Waals surface area contributed by atoms with E-state index in [9.17, 15) is 22.0 Å². The van der Waals surface area contributed by atoms with Crippen molar-refractivity contribution in [3.63, 3.8) is 0 Å². The number of rotatable bonds is 3. The Hall–Kier alpha value is -2.31. The number of hydrogen-bond donors (Lipinski definition) is 2. The Morgan fingerprint density at radius 3 is 1.95 bits per heavy atom. The Morgan fingerprint density at radius 2 is 1.48 bits per heavy atom. The van der Waals surface area contributed by atoms with E-state index in [0.717, 1.165) is 24.3 Å². The van der Waals surface area contributed by atoms with Crippen LogP contribution in [0.15, 0.2) is 36.4 Å². The van der Waals surface area contributed by atoms with E-state index in [1.165, 1.54) is 12.1 Å². The summed E-state index contributed by atoms with van der Waals surface area (Å²) in [5.41, 5.74) is -0.200. The molecule has 0 atom stereocenters. The molecule has 0 spiro atoms. The maximum atomic E-state index is 13.1. The molecule has 0 bridgehead atoms. The molecule has 0 radical (unpaired) electrons. The Bertz CT molecular complexity index is 614. The van der Waals surface area contributed by atoms with Crippen LogP contribution in [0, 0.1) is 11.6 Å². The molecule has 7 heteroatoms. The van der Waals surface area contributed by atoms with Crippen molar-refractivity contribution in [3.05, 3.63) is 59.2 Å². The van der Waals surface area contributed by atoms with Gasteiger partial charge >= 0.3 is 6.18 Å². The van der Waals surface area contributed by atoms with E-state index in [-0.39, 0.29) is 12.1 Å². The highest BCUT2D eigenvalue weighted by atomic mass is 19.4. The maximum absolute atomic E-state index is 13.1. The standard InChI is InChI=1S/C14H10F5NO/c15-11-5-8(6-12(16)13(11)21)7-20-10-3-1-9(2-4-10)14(17,18)19/h1-6,20-21H,7H2. The van der Waals surface area contributed by atoms with E-state index in [1.807, 2.05) is 0 Å². The first kappa shape index (κ1) is 15.1. The molecule has 0 aliphatic carbocycles. The first-order valence-corrected chi connectivity index (χ1v) is 5.85. The minimum Gasteiger partial charge on any atom is -0.503 e. The third kappa shape index (κ3) is 3.62. The zero-order valence-corrected chi connectivity index (χ0v) is 10.5. The molecule has 112 valence electrons. The summed E-state index contributed by atoms with van der Waals surface area (Å²) >= 11 is 0. The summed E-state index contributed by atoms with van der Waals surface area (Å²) in [4.78, 5) is 0. The van der Waals surface area contributed by atoms with Crippen LogP contribution in [0.1, 0.15) is 11.1 Å². The van der Waals surface area contributed by atoms with Gasteiger partial charge in [0, 0.05) is 12.2 Å². The molecule has 0 aliphatic rings. The minimum atomic E-state index is -4.41. The lowest BCUT2D eigenvalue weighted by Crippen LogP contribution is -2.05. The molecule has 2 aromatic rings. The van der Waals surface area contributed by atoms with Crippen LogP contribution < -0.4 is 5.32 Å². The number of phenols is 1. The van der Waals surface area contributed by atoms with Crippen molar-refractivity contribution in [2.75, 3.05) is 5.32 Å². The zero-order valence-electron chi connectivity index (χ0n) is 10.5. The molecular weight excluding hydrogens is 293 g/mol. The third-order valence-electron chi connectivity index (χ3n) is 2.79. The molecule has 2 N–H and O–H groups in total. The highest BCUT2D eigenvalue weighted by Gasteiger charge is 2.29. The van der Waals surface area contributed by atoms with Gasteiger partial charge in [0.1, 0.15) is 0 Å². The van der Waals surface area contributed by atoms with Crippen LogP contribution in [0.3, 0.4) is 0 Å². The van der Waals surface area contributed by atoms with E-state index >= 15 is 0 Å². The fourth-order valence-electron chi connectivity index (χ4n) is 1.70. The SMILES string of the molecule is Oc1c(F)cc(CNc2ccc(C(F)(F)F)cc2)cc1F. The highest BCUT2D eigenvalue weighted by molar-refractivity contribution is 5.46. The summed E-state index contributed by atoms with van der Waals surface area (Å²) in [6.45, 7) is -0.000511.